The van der Waals surface area contributed by atoms with Crippen molar-refractivity contribution in [2.45, 2.75) is 17.1 Å². The number of nitrogens with zero attached hydrogens (tertiary/aromatic N) is 2. The minimum atomic E-state index is -3.46. The van der Waals surface area contributed by atoms with Gasteiger partial charge in [-0.1, -0.05) is 0 Å². The molecule has 0 radical (unpaired) electrons. The van der Waals surface area contributed by atoms with Gasteiger partial charge in [0.15, 0.2) is 0 Å². The van der Waals surface area contributed by atoms with Crippen molar-refractivity contribution in [3.8, 4) is 6.07 Å². The lowest BCUT2D eigenvalue weighted by Gasteiger charge is -2.31. The van der Waals surface area contributed by atoms with Gasteiger partial charge in [-0.3, -0.25) is 0 Å². The number of sulfonamides is 1. The maximum absolute atomic E-state index is 12.5. The van der Waals surface area contributed by atoms with Crippen molar-refractivity contribution in [3.05, 3.63) is 17.0 Å². The van der Waals surface area contributed by atoms with Crippen molar-refractivity contribution >= 4 is 21.4 Å². The maximum atomic E-state index is 12.5. The fourth-order valence-electron chi connectivity index (χ4n) is 2.26. The summed E-state index contributed by atoms with van der Waals surface area (Å²) in [5.41, 5.74) is 0. The molecule has 104 valence electrons. The molecule has 0 bridgehead atoms. The summed E-state index contributed by atoms with van der Waals surface area (Å²) in [4.78, 5) is 0.420. The molecule has 1 unspecified atom stereocenters. The highest BCUT2D eigenvalue weighted by Gasteiger charge is 2.31. The van der Waals surface area contributed by atoms with Crippen molar-refractivity contribution in [2.75, 3.05) is 26.8 Å². The fourth-order valence-corrected chi connectivity index (χ4v) is 5.08. The minimum absolute atomic E-state index is 0.252. The molecule has 19 heavy (non-hydrogen) atoms. The van der Waals surface area contributed by atoms with E-state index in [1.807, 2.05) is 6.07 Å². The Balaban J connectivity index is 2.17. The Morgan fingerprint density at radius 1 is 1.58 bits per heavy atom. The summed E-state index contributed by atoms with van der Waals surface area (Å²) in [5, 5.41) is 8.77. The Labute approximate surface area is 117 Å². The molecule has 0 amide bonds. The summed E-state index contributed by atoms with van der Waals surface area (Å²) < 4.78 is 31.8. The van der Waals surface area contributed by atoms with Crippen LogP contribution in [0.4, 0.5) is 0 Å². The van der Waals surface area contributed by atoms with Crippen LogP contribution in [0.3, 0.4) is 0 Å². The SMILES string of the molecule is COCC1CCCN(S(=O)(=O)c2ccc(C#N)s2)C1. The van der Waals surface area contributed by atoms with E-state index in [4.69, 9.17) is 10.00 Å². The van der Waals surface area contributed by atoms with Gasteiger partial charge in [-0.05, 0) is 30.9 Å². The normalized spacial score (nSPS) is 21.2. The van der Waals surface area contributed by atoms with E-state index in [0.717, 1.165) is 24.2 Å². The second-order valence-electron chi connectivity index (χ2n) is 4.56. The highest BCUT2D eigenvalue weighted by atomic mass is 32.2. The monoisotopic (exact) mass is 300 g/mol. The molecule has 0 N–H and O–H groups in total. The second-order valence-corrected chi connectivity index (χ2v) is 7.81. The molecule has 0 aliphatic carbocycles. The molecule has 1 aromatic heterocycles. The second kappa shape index (κ2) is 6.01. The van der Waals surface area contributed by atoms with Crippen LogP contribution in [0.5, 0.6) is 0 Å². The average molecular weight is 300 g/mol. The van der Waals surface area contributed by atoms with Gasteiger partial charge in [0.05, 0.1) is 6.61 Å². The largest absolute Gasteiger partial charge is 0.384 e. The van der Waals surface area contributed by atoms with Gasteiger partial charge in [-0.15, -0.1) is 11.3 Å². The van der Waals surface area contributed by atoms with E-state index in [1.165, 1.54) is 10.4 Å². The van der Waals surface area contributed by atoms with Gasteiger partial charge in [0.25, 0.3) is 10.0 Å². The van der Waals surface area contributed by atoms with E-state index >= 15 is 0 Å². The van der Waals surface area contributed by atoms with Crippen LogP contribution >= 0.6 is 11.3 Å². The van der Waals surface area contributed by atoms with Crippen LogP contribution in [0.2, 0.25) is 0 Å². The molecule has 2 rings (SSSR count). The molecule has 7 heteroatoms. The molecular formula is C12H16N2O3S2. The standard InChI is InChI=1S/C12H16N2O3S2/c1-17-9-10-3-2-6-14(8-10)19(15,16)12-5-4-11(7-13)18-12/h4-5,10H,2-3,6,8-9H2,1H3. The van der Waals surface area contributed by atoms with Crippen molar-refractivity contribution in [1.82, 2.24) is 4.31 Å². The number of ether oxygens (including phenoxy) is 1. The predicted molar refractivity (Wildman–Crippen MR) is 72.4 cm³/mol. The number of nitriles is 1. The number of rotatable bonds is 4. The first-order valence-corrected chi connectivity index (χ1v) is 8.32. The average Bonchev–Trinajstić information content (AvgIpc) is 2.89. The fraction of sp³-hybridized carbons (Fsp3) is 0.583. The van der Waals surface area contributed by atoms with Crippen LogP contribution in [0.1, 0.15) is 17.7 Å². The quantitative estimate of drug-likeness (QED) is 0.848. The van der Waals surface area contributed by atoms with Crippen LogP contribution in [-0.2, 0) is 14.8 Å². The van der Waals surface area contributed by atoms with E-state index < -0.39 is 10.0 Å². The van der Waals surface area contributed by atoms with Gasteiger partial charge >= 0.3 is 0 Å². The van der Waals surface area contributed by atoms with Crippen molar-refractivity contribution in [2.24, 2.45) is 5.92 Å². The zero-order valence-corrected chi connectivity index (χ0v) is 12.3. The van der Waals surface area contributed by atoms with Gasteiger partial charge < -0.3 is 4.74 Å². The van der Waals surface area contributed by atoms with Gasteiger partial charge in [-0.2, -0.15) is 9.57 Å². The third kappa shape index (κ3) is 3.15. The Hall–Kier alpha value is -0.940. The summed E-state index contributed by atoms with van der Waals surface area (Å²) in [6, 6.07) is 5.03. The van der Waals surface area contributed by atoms with Gasteiger partial charge in [0, 0.05) is 20.2 Å². The van der Waals surface area contributed by atoms with Crippen LogP contribution in [0.15, 0.2) is 16.3 Å². The zero-order valence-electron chi connectivity index (χ0n) is 10.7. The molecule has 0 saturated carbocycles. The van der Waals surface area contributed by atoms with Gasteiger partial charge in [-0.25, -0.2) is 8.42 Å². The van der Waals surface area contributed by atoms with Crippen LogP contribution in [0.25, 0.3) is 0 Å². The lowest BCUT2D eigenvalue weighted by Crippen LogP contribution is -2.40. The van der Waals surface area contributed by atoms with E-state index in [1.54, 1.807) is 13.2 Å². The van der Waals surface area contributed by atoms with Crippen LogP contribution in [0, 0.1) is 17.2 Å². The molecule has 1 saturated heterocycles. The first kappa shape index (κ1) is 14.5. The number of thiophene rings is 1. The molecule has 2 heterocycles. The Bertz CT molecular complexity index is 572. The summed E-state index contributed by atoms with van der Waals surface area (Å²) in [5.74, 6) is 0.254. The summed E-state index contributed by atoms with van der Waals surface area (Å²) in [7, 11) is -1.83. The first-order chi connectivity index (χ1) is 9.07. The Morgan fingerprint density at radius 2 is 2.37 bits per heavy atom. The maximum Gasteiger partial charge on any atom is 0.252 e. The van der Waals surface area contributed by atoms with E-state index in [-0.39, 0.29) is 10.1 Å². The molecule has 0 aromatic carbocycles. The lowest BCUT2D eigenvalue weighted by atomic mass is 10.0. The highest BCUT2D eigenvalue weighted by molar-refractivity contribution is 7.91. The third-order valence-electron chi connectivity index (χ3n) is 3.17. The van der Waals surface area contributed by atoms with Gasteiger partial charge in [0.2, 0.25) is 0 Å². The van der Waals surface area contributed by atoms with Crippen molar-refractivity contribution in [1.29, 1.82) is 5.26 Å². The lowest BCUT2D eigenvalue weighted by molar-refractivity contribution is 0.118. The van der Waals surface area contributed by atoms with E-state index in [2.05, 4.69) is 0 Å². The van der Waals surface area contributed by atoms with Crippen molar-refractivity contribution in [3.63, 3.8) is 0 Å². The minimum Gasteiger partial charge on any atom is -0.384 e. The van der Waals surface area contributed by atoms with Crippen LogP contribution < -0.4 is 0 Å². The van der Waals surface area contributed by atoms with Crippen molar-refractivity contribution < 1.29 is 13.2 Å². The summed E-state index contributed by atoms with van der Waals surface area (Å²) >= 11 is 1.03. The highest BCUT2D eigenvalue weighted by Crippen LogP contribution is 2.28. The molecule has 1 aromatic rings. The molecule has 5 nitrogen and oxygen atoms in total. The smallest absolute Gasteiger partial charge is 0.252 e. The Kier molecular flexibility index (Phi) is 4.58. The molecule has 1 fully saturated rings. The summed E-state index contributed by atoms with van der Waals surface area (Å²) in [6.07, 6.45) is 1.84. The van der Waals surface area contributed by atoms with E-state index in [0.29, 0.717) is 24.6 Å². The number of hydrogen-bond donors (Lipinski definition) is 0. The van der Waals surface area contributed by atoms with Gasteiger partial charge in [0.1, 0.15) is 15.2 Å². The predicted octanol–water partition coefficient (Wildman–Crippen LogP) is 1.67. The van der Waals surface area contributed by atoms with E-state index in [9.17, 15) is 8.42 Å². The summed E-state index contributed by atoms with van der Waals surface area (Å²) in [6.45, 7) is 1.62. The third-order valence-corrected chi connectivity index (χ3v) is 6.49. The zero-order chi connectivity index (χ0) is 13.9. The number of methoxy groups -OCH3 is 1. The number of piperidine rings is 1. The molecular weight excluding hydrogens is 284 g/mol. The molecule has 1 aliphatic rings. The first-order valence-electron chi connectivity index (χ1n) is 6.07. The molecule has 0 spiro atoms. The number of hydrogen-bond acceptors (Lipinski definition) is 5. The Morgan fingerprint density at radius 3 is 3.00 bits per heavy atom. The molecule has 1 aliphatic heterocycles. The molecule has 1 atom stereocenters. The van der Waals surface area contributed by atoms with Crippen LogP contribution in [-0.4, -0.2) is 39.5 Å². The topological polar surface area (TPSA) is 70.4 Å².